The molecule has 0 radical (unpaired) electrons. The van der Waals surface area contributed by atoms with Gasteiger partial charge in [0.25, 0.3) is 5.91 Å². The maximum atomic E-state index is 12.7. The second-order valence-corrected chi connectivity index (χ2v) is 5.92. The Morgan fingerprint density at radius 1 is 1.19 bits per heavy atom. The number of nitriles is 1. The van der Waals surface area contributed by atoms with Crippen molar-refractivity contribution in [1.82, 2.24) is 5.01 Å². The van der Waals surface area contributed by atoms with E-state index < -0.39 is 0 Å². The Labute approximate surface area is 155 Å². The molecule has 7 nitrogen and oxygen atoms in total. The van der Waals surface area contributed by atoms with Gasteiger partial charge in [-0.1, -0.05) is 0 Å². The van der Waals surface area contributed by atoms with Gasteiger partial charge in [-0.15, -0.1) is 0 Å². The number of rotatable bonds is 5. The maximum Gasteiger partial charge on any atom is 0.281 e. The van der Waals surface area contributed by atoms with Crippen LogP contribution in [-0.4, -0.2) is 23.2 Å². The largest absolute Gasteiger partial charge is 0.484 e. The van der Waals surface area contributed by atoms with E-state index in [1.807, 2.05) is 12.1 Å². The zero-order valence-corrected chi connectivity index (χ0v) is 14.2. The lowest BCUT2D eigenvalue weighted by molar-refractivity contribution is -0.135. The molecule has 0 aliphatic carbocycles. The molecule has 1 aromatic carbocycles. The zero-order chi connectivity index (χ0) is 18.6. The molecule has 4 rings (SSSR count). The third-order valence-corrected chi connectivity index (χ3v) is 4.19. The monoisotopic (exact) mass is 361 g/mol. The number of hydrogen-bond donors (Lipinski definition) is 0. The van der Waals surface area contributed by atoms with Crippen molar-refractivity contribution in [3.05, 3.63) is 78.1 Å². The van der Waals surface area contributed by atoms with Gasteiger partial charge in [0.15, 0.2) is 6.61 Å². The molecule has 1 aliphatic rings. The van der Waals surface area contributed by atoms with E-state index in [9.17, 15) is 4.79 Å². The van der Waals surface area contributed by atoms with Crippen molar-refractivity contribution in [2.24, 2.45) is 5.10 Å². The van der Waals surface area contributed by atoms with Crippen molar-refractivity contribution in [1.29, 1.82) is 5.26 Å². The van der Waals surface area contributed by atoms with Crippen LogP contribution in [0.5, 0.6) is 5.75 Å². The third-order valence-electron chi connectivity index (χ3n) is 4.19. The average Bonchev–Trinajstić information content (AvgIpc) is 3.46. The van der Waals surface area contributed by atoms with Crippen LogP contribution >= 0.6 is 0 Å². The summed E-state index contributed by atoms with van der Waals surface area (Å²) in [7, 11) is 0. The maximum absolute atomic E-state index is 12.7. The number of hydrogen-bond acceptors (Lipinski definition) is 6. The van der Waals surface area contributed by atoms with Crippen LogP contribution in [0.25, 0.3) is 0 Å². The number of nitrogens with zero attached hydrogens (tertiary/aromatic N) is 3. The summed E-state index contributed by atoms with van der Waals surface area (Å²) in [6.45, 7) is -0.182. The number of benzene rings is 1. The van der Waals surface area contributed by atoms with E-state index in [4.69, 9.17) is 18.8 Å². The lowest BCUT2D eigenvalue weighted by Crippen LogP contribution is -2.31. The predicted octanol–water partition coefficient (Wildman–Crippen LogP) is 3.50. The molecule has 1 atom stereocenters. The lowest BCUT2D eigenvalue weighted by atomic mass is 10.1. The van der Waals surface area contributed by atoms with Crippen LogP contribution in [0.2, 0.25) is 0 Å². The highest BCUT2D eigenvalue weighted by Gasteiger charge is 2.35. The van der Waals surface area contributed by atoms with E-state index in [0.29, 0.717) is 35.0 Å². The Bertz CT molecular complexity index is 983. The SMILES string of the molecule is N#Cc1ccc(OCC(=O)N2N=C(c3ccco3)CC2c2ccco2)cc1. The Hall–Kier alpha value is -3.79. The summed E-state index contributed by atoms with van der Waals surface area (Å²) >= 11 is 0. The molecule has 134 valence electrons. The number of hydrazone groups is 1. The Kier molecular flexibility index (Phi) is 4.45. The van der Waals surface area contributed by atoms with Gasteiger partial charge in [0, 0.05) is 6.42 Å². The minimum absolute atomic E-state index is 0.182. The van der Waals surface area contributed by atoms with E-state index in [0.717, 1.165) is 0 Å². The summed E-state index contributed by atoms with van der Waals surface area (Å²) in [4.78, 5) is 12.7. The summed E-state index contributed by atoms with van der Waals surface area (Å²) in [5.74, 6) is 1.47. The van der Waals surface area contributed by atoms with E-state index >= 15 is 0 Å². The first-order valence-corrected chi connectivity index (χ1v) is 8.34. The van der Waals surface area contributed by atoms with Crippen LogP contribution in [0.3, 0.4) is 0 Å². The van der Waals surface area contributed by atoms with Crippen LogP contribution in [0.15, 0.2) is 75.0 Å². The standard InChI is InChI=1S/C20H15N3O4/c21-12-14-5-7-15(8-6-14)27-13-20(24)23-17(19-4-2-10-26-19)11-16(22-23)18-3-1-9-25-18/h1-10,17H,11,13H2. The molecule has 0 saturated heterocycles. The Morgan fingerprint density at radius 2 is 1.96 bits per heavy atom. The van der Waals surface area contributed by atoms with Crippen molar-refractivity contribution < 1.29 is 18.4 Å². The fourth-order valence-corrected chi connectivity index (χ4v) is 2.87. The summed E-state index contributed by atoms with van der Waals surface area (Å²) in [6, 6.07) is 15.4. The highest BCUT2D eigenvalue weighted by molar-refractivity contribution is 6.01. The molecule has 0 bridgehead atoms. The molecule has 0 saturated carbocycles. The van der Waals surface area contributed by atoms with Gasteiger partial charge in [0.2, 0.25) is 0 Å². The minimum atomic E-state index is -0.350. The zero-order valence-electron chi connectivity index (χ0n) is 14.2. The average molecular weight is 361 g/mol. The minimum Gasteiger partial charge on any atom is -0.484 e. The van der Waals surface area contributed by atoms with E-state index in [1.54, 1.807) is 55.0 Å². The van der Waals surface area contributed by atoms with Gasteiger partial charge in [-0.2, -0.15) is 10.4 Å². The molecule has 2 aromatic heterocycles. The highest BCUT2D eigenvalue weighted by Crippen LogP contribution is 2.33. The fraction of sp³-hybridized carbons (Fsp3) is 0.150. The van der Waals surface area contributed by atoms with Gasteiger partial charge in [-0.3, -0.25) is 4.79 Å². The Balaban J connectivity index is 1.50. The van der Waals surface area contributed by atoms with Crippen LogP contribution in [0.4, 0.5) is 0 Å². The third kappa shape index (κ3) is 3.46. The van der Waals surface area contributed by atoms with Crippen LogP contribution < -0.4 is 4.74 Å². The molecule has 1 aliphatic heterocycles. The first kappa shape index (κ1) is 16.7. The van der Waals surface area contributed by atoms with Crippen molar-refractivity contribution >= 4 is 11.6 Å². The van der Waals surface area contributed by atoms with Crippen molar-refractivity contribution in [2.45, 2.75) is 12.5 Å². The first-order valence-electron chi connectivity index (χ1n) is 8.34. The summed E-state index contributed by atoms with van der Waals surface area (Å²) in [5, 5.41) is 14.6. The molecule has 1 amide bonds. The number of amides is 1. The summed E-state index contributed by atoms with van der Waals surface area (Å²) in [6.07, 6.45) is 3.62. The molecule has 7 heteroatoms. The second kappa shape index (κ2) is 7.22. The van der Waals surface area contributed by atoms with Gasteiger partial charge in [0.1, 0.15) is 29.0 Å². The van der Waals surface area contributed by atoms with E-state index in [2.05, 4.69) is 5.10 Å². The van der Waals surface area contributed by atoms with Crippen molar-refractivity contribution in [2.75, 3.05) is 6.61 Å². The smallest absolute Gasteiger partial charge is 0.281 e. The van der Waals surface area contributed by atoms with E-state index in [1.165, 1.54) is 5.01 Å². The molecule has 0 spiro atoms. The van der Waals surface area contributed by atoms with Gasteiger partial charge in [-0.25, -0.2) is 5.01 Å². The van der Waals surface area contributed by atoms with Gasteiger partial charge < -0.3 is 13.6 Å². The van der Waals surface area contributed by atoms with Gasteiger partial charge in [0.05, 0.1) is 24.2 Å². The molecule has 0 N–H and O–H groups in total. The molecule has 27 heavy (non-hydrogen) atoms. The number of carbonyl (C=O) groups is 1. The molecule has 3 aromatic rings. The predicted molar refractivity (Wildman–Crippen MR) is 94.8 cm³/mol. The molecular formula is C20H15N3O4. The Morgan fingerprint density at radius 3 is 2.63 bits per heavy atom. The fourth-order valence-electron chi connectivity index (χ4n) is 2.87. The van der Waals surface area contributed by atoms with Gasteiger partial charge >= 0.3 is 0 Å². The second-order valence-electron chi connectivity index (χ2n) is 5.92. The summed E-state index contributed by atoms with van der Waals surface area (Å²) in [5.41, 5.74) is 1.20. The van der Waals surface area contributed by atoms with Crippen LogP contribution in [0, 0.1) is 11.3 Å². The first-order chi connectivity index (χ1) is 13.2. The van der Waals surface area contributed by atoms with Crippen LogP contribution in [-0.2, 0) is 4.79 Å². The van der Waals surface area contributed by atoms with Gasteiger partial charge in [-0.05, 0) is 48.5 Å². The molecule has 1 unspecified atom stereocenters. The topological polar surface area (TPSA) is 92.0 Å². The summed E-state index contributed by atoms with van der Waals surface area (Å²) < 4.78 is 16.4. The number of furan rings is 2. The normalized spacial score (nSPS) is 16.0. The number of ether oxygens (including phenoxy) is 1. The molecule has 0 fully saturated rings. The number of carbonyl (C=O) groups excluding carboxylic acids is 1. The lowest BCUT2D eigenvalue weighted by Gasteiger charge is -2.19. The van der Waals surface area contributed by atoms with E-state index in [-0.39, 0.29) is 18.6 Å². The van der Waals surface area contributed by atoms with Crippen LogP contribution in [0.1, 0.15) is 29.5 Å². The molecule has 3 heterocycles. The quantitative estimate of drug-likeness (QED) is 0.693. The highest BCUT2D eigenvalue weighted by atomic mass is 16.5. The van der Waals surface area contributed by atoms with Crippen molar-refractivity contribution in [3.63, 3.8) is 0 Å². The van der Waals surface area contributed by atoms with Crippen molar-refractivity contribution in [3.8, 4) is 11.8 Å². The molecular weight excluding hydrogens is 346 g/mol.